The molecule has 0 unspecified atom stereocenters. The molecule has 0 atom stereocenters. The topological polar surface area (TPSA) is 54.0 Å². The van der Waals surface area contributed by atoms with Crippen LogP contribution >= 0.6 is 27.5 Å². The lowest BCUT2D eigenvalue weighted by Crippen LogP contribution is -2.20. The molecular weight excluding hydrogens is 330 g/mol. The van der Waals surface area contributed by atoms with Crippen molar-refractivity contribution in [2.45, 2.75) is 6.92 Å². The first-order valence-corrected chi connectivity index (χ1v) is 6.68. The van der Waals surface area contributed by atoms with Crippen LogP contribution in [0.3, 0.4) is 0 Å². The monoisotopic (exact) mass is 339 g/mol. The Balaban J connectivity index is 2.03. The molecule has 0 aliphatic rings. The number of amides is 2. The van der Waals surface area contributed by atoms with Crippen molar-refractivity contribution < 1.29 is 4.79 Å². The minimum Gasteiger partial charge on any atom is -0.308 e. The predicted octanol–water partition coefficient (Wildman–Crippen LogP) is 4.45. The molecular formula is C13H11BrClN3O. The van der Waals surface area contributed by atoms with Crippen LogP contribution in [-0.2, 0) is 0 Å². The Hall–Kier alpha value is -1.59. The van der Waals surface area contributed by atoms with E-state index in [1.807, 2.05) is 13.0 Å². The molecule has 98 valence electrons. The summed E-state index contributed by atoms with van der Waals surface area (Å²) < 4.78 is 0.656. The van der Waals surface area contributed by atoms with Crippen molar-refractivity contribution in [1.29, 1.82) is 0 Å². The van der Waals surface area contributed by atoms with E-state index in [0.29, 0.717) is 21.1 Å². The molecule has 4 nitrogen and oxygen atoms in total. The molecule has 2 aromatic rings. The highest BCUT2D eigenvalue weighted by molar-refractivity contribution is 9.10. The number of halogens is 2. The number of hydrogen-bond acceptors (Lipinski definition) is 2. The van der Waals surface area contributed by atoms with Crippen LogP contribution in [0.15, 0.2) is 41.0 Å². The molecule has 1 aromatic carbocycles. The number of anilines is 2. The third-order valence-corrected chi connectivity index (χ3v) is 3.24. The molecule has 0 saturated heterocycles. The highest BCUT2D eigenvalue weighted by atomic mass is 79.9. The second-order valence-electron chi connectivity index (χ2n) is 3.89. The Kier molecular flexibility index (Phi) is 4.39. The number of aryl methyl sites for hydroxylation is 1. The molecule has 2 N–H and O–H groups in total. The second-order valence-corrected chi connectivity index (χ2v) is 5.11. The largest absolute Gasteiger partial charge is 0.324 e. The summed E-state index contributed by atoms with van der Waals surface area (Å²) in [7, 11) is 0. The minimum atomic E-state index is -0.370. The van der Waals surface area contributed by atoms with E-state index in [1.54, 1.807) is 30.3 Å². The third kappa shape index (κ3) is 3.94. The Morgan fingerprint density at radius 3 is 2.74 bits per heavy atom. The maximum Gasteiger partial charge on any atom is 0.324 e. The number of carbonyl (C=O) groups excluding carboxylic acids is 1. The van der Waals surface area contributed by atoms with E-state index < -0.39 is 0 Å². The summed E-state index contributed by atoms with van der Waals surface area (Å²) in [6.45, 7) is 1.90. The number of pyridine rings is 1. The second kappa shape index (κ2) is 6.04. The molecule has 1 heterocycles. The van der Waals surface area contributed by atoms with Crippen LogP contribution < -0.4 is 10.6 Å². The summed E-state index contributed by atoms with van der Waals surface area (Å²) in [6.07, 6.45) is 0. The van der Waals surface area contributed by atoms with Crippen LogP contribution in [0.25, 0.3) is 0 Å². The van der Waals surface area contributed by atoms with Gasteiger partial charge in [-0.2, -0.15) is 0 Å². The predicted molar refractivity (Wildman–Crippen MR) is 80.8 cm³/mol. The zero-order valence-corrected chi connectivity index (χ0v) is 12.4. The summed E-state index contributed by atoms with van der Waals surface area (Å²) in [4.78, 5) is 15.9. The van der Waals surface area contributed by atoms with Gasteiger partial charge in [0.1, 0.15) is 10.4 Å². The summed E-state index contributed by atoms with van der Waals surface area (Å²) in [5, 5.41) is 5.93. The summed E-state index contributed by atoms with van der Waals surface area (Å²) in [5.74, 6) is 0.463. The van der Waals surface area contributed by atoms with Gasteiger partial charge in [-0.1, -0.05) is 23.7 Å². The van der Waals surface area contributed by atoms with Gasteiger partial charge in [0.2, 0.25) is 0 Å². The van der Waals surface area contributed by atoms with Gasteiger partial charge in [0.25, 0.3) is 0 Å². The maximum atomic E-state index is 11.8. The van der Waals surface area contributed by atoms with Gasteiger partial charge in [-0.25, -0.2) is 9.78 Å². The summed E-state index contributed by atoms with van der Waals surface area (Å²) in [6, 6.07) is 10.2. The number of urea groups is 1. The van der Waals surface area contributed by atoms with Crippen LogP contribution in [-0.4, -0.2) is 11.0 Å². The van der Waals surface area contributed by atoms with E-state index in [2.05, 4.69) is 31.5 Å². The molecule has 0 aliphatic carbocycles. The van der Waals surface area contributed by atoms with Gasteiger partial charge in [0.05, 0.1) is 0 Å². The number of benzene rings is 1. The molecule has 1 aromatic heterocycles. The van der Waals surface area contributed by atoms with Crippen LogP contribution in [0.4, 0.5) is 16.3 Å². The smallest absolute Gasteiger partial charge is 0.308 e. The Morgan fingerprint density at radius 1 is 1.26 bits per heavy atom. The number of rotatable bonds is 2. The van der Waals surface area contributed by atoms with Crippen molar-refractivity contribution in [2.75, 3.05) is 10.6 Å². The zero-order chi connectivity index (χ0) is 13.8. The molecule has 2 amide bonds. The van der Waals surface area contributed by atoms with Crippen LogP contribution in [0, 0.1) is 6.92 Å². The van der Waals surface area contributed by atoms with Crippen molar-refractivity contribution in [1.82, 2.24) is 4.98 Å². The summed E-state index contributed by atoms with van der Waals surface area (Å²) >= 11 is 9.22. The van der Waals surface area contributed by atoms with Crippen molar-refractivity contribution >= 4 is 45.1 Å². The Bertz CT molecular complexity index is 619. The van der Waals surface area contributed by atoms with Crippen LogP contribution in [0.2, 0.25) is 5.02 Å². The van der Waals surface area contributed by atoms with Gasteiger partial charge in [-0.05, 0) is 52.7 Å². The van der Waals surface area contributed by atoms with E-state index in [1.165, 1.54) is 0 Å². The molecule has 2 rings (SSSR count). The average Bonchev–Trinajstić information content (AvgIpc) is 2.34. The number of nitrogens with one attached hydrogen (secondary N) is 2. The number of carbonyl (C=O) groups is 1. The van der Waals surface area contributed by atoms with Crippen molar-refractivity contribution in [3.63, 3.8) is 0 Å². The average molecular weight is 341 g/mol. The van der Waals surface area contributed by atoms with E-state index in [-0.39, 0.29) is 6.03 Å². The number of hydrogen-bond donors (Lipinski definition) is 2. The molecule has 0 fully saturated rings. The maximum absolute atomic E-state index is 11.8. The molecule has 0 aliphatic heterocycles. The van der Waals surface area contributed by atoms with E-state index >= 15 is 0 Å². The van der Waals surface area contributed by atoms with Gasteiger partial charge in [-0.3, -0.25) is 5.32 Å². The van der Waals surface area contributed by atoms with Crippen LogP contribution in [0.1, 0.15) is 5.56 Å². The van der Waals surface area contributed by atoms with E-state index in [0.717, 1.165) is 5.56 Å². The Morgan fingerprint density at radius 2 is 2.05 bits per heavy atom. The lowest BCUT2D eigenvalue weighted by atomic mass is 10.2. The lowest BCUT2D eigenvalue weighted by Gasteiger charge is -2.08. The fraction of sp³-hybridized carbons (Fsp3) is 0.0769. The van der Waals surface area contributed by atoms with Gasteiger partial charge in [-0.15, -0.1) is 0 Å². The molecule has 19 heavy (non-hydrogen) atoms. The van der Waals surface area contributed by atoms with Crippen molar-refractivity contribution in [3.05, 3.63) is 51.6 Å². The number of aromatic nitrogens is 1. The molecule has 0 spiro atoms. The fourth-order valence-corrected chi connectivity index (χ4v) is 1.95. The zero-order valence-electron chi connectivity index (χ0n) is 10.1. The molecule has 6 heteroatoms. The fourth-order valence-electron chi connectivity index (χ4n) is 1.43. The van der Waals surface area contributed by atoms with Crippen LogP contribution in [0.5, 0.6) is 0 Å². The quantitative estimate of drug-likeness (QED) is 0.794. The van der Waals surface area contributed by atoms with Crippen molar-refractivity contribution in [2.24, 2.45) is 0 Å². The van der Waals surface area contributed by atoms with E-state index in [4.69, 9.17) is 11.6 Å². The summed E-state index contributed by atoms with van der Waals surface area (Å²) in [5.41, 5.74) is 1.59. The molecule has 0 saturated carbocycles. The highest BCUT2D eigenvalue weighted by Gasteiger charge is 2.05. The molecule has 0 radical (unpaired) electrons. The normalized spacial score (nSPS) is 10.1. The standard InChI is InChI=1S/C13H11BrClN3O/c1-8-5-6-9(7-10(8)15)16-13(19)18-12-4-2-3-11(14)17-12/h2-7H,1H3,(H2,16,17,18,19). The lowest BCUT2D eigenvalue weighted by molar-refractivity contribution is 0.262. The van der Waals surface area contributed by atoms with E-state index in [9.17, 15) is 4.79 Å². The van der Waals surface area contributed by atoms with Gasteiger partial charge >= 0.3 is 6.03 Å². The highest BCUT2D eigenvalue weighted by Crippen LogP contribution is 2.20. The first-order valence-electron chi connectivity index (χ1n) is 5.51. The first-order chi connectivity index (χ1) is 9.04. The minimum absolute atomic E-state index is 0.370. The third-order valence-electron chi connectivity index (χ3n) is 2.39. The van der Waals surface area contributed by atoms with Gasteiger partial charge in [0, 0.05) is 10.7 Å². The van der Waals surface area contributed by atoms with Gasteiger partial charge in [0.15, 0.2) is 0 Å². The number of nitrogens with zero attached hydrogens (tertiary/aromatic N) is 1. The first kappa shape index (κ1) is 13.8. The van der Waals surface area contributed by atoms with Gasteiger partial charge < -0.3 is 5.32 Å². The SMILES string of the molecule is Cc1ccc(NC(=O)Nc2cccc(Br)n2)cc1Cl. The molecule has 0 bridgehead atoms. The Labute approximate surface area is 124 Å². The van der Waals surface area contributed by atoms with Crippen molar-refractivity contribution in [3.8, 4) is 0 Å².